The van der Waals surface area contributed by atoms with Gasteiger partial charge in [0.1, 0.15) is 0 Å². The first kappa shape index (κ1) is 19.3. The third kappa shape index (κ3) is 5.11. The maximum Gasteiger partial charge on any atom is 0.310 e. The summed E-state index contributed by atoms with van der Waals surface area (Å²) in [6.45, 7) is 2.78. The van der Waals surface area contributed by atoms with Crippen LogP contribution in [0.5, 0.6) is 0 Å². The largest absolute Gasteiger partial charge is 0.469 e. The SMILES string of the molecule is CN=C(NCC(C)C(=O)OC)NCC1(C(=O)N(C)C)CCCC1. The molecule has 1 unspecified atom stereocenters. The molecule has 1 aliphatic rings. The highest BCUT2D eigenvalue weighted by molar-refractivity contribution is 5.85. The fourth-order valence-electron chi connectivity index (χ4n) is 3.00. The number of carbonyl (C=O) groups is 2. The number of esters is 1. The zero-order chi connectivity index (χ0) is 17.5. The molecule has 0 heterocycles. The Morgan fingerprint density at radius 1 is 1.26 bits per heavy atom. The molecule has 1 fully saturated rings. The van der Waals surface area contributed by atoms with E-state index in [1.165, 1.54) is 7.11 Å². The number of hydrogen-bond donors (Lipinski definition) is 2. The van der Waals surface area contributed by atoms with Crippen LogP contribution in [-0.4, -0.2) is 64.1 Å². The Kier molecular flexibility index (Phi) is 7.32. The number of aliphatic imine (C=N–C) groups is 1. The Hall–Kier alpha value is -1.79. The lowest BCUT2D eigenvalue weighted by molar-refractivity contribution is -0.144. The predicted octanol–water partition coefficient (Wildman–Crippen LogP) is 0.609. The molecule has 0 saturated heterocycles. The van der Waals surface area contributed by atoms with E-state index < -0.39 is 0 Å². The van der Waals surface area contributed by atoms with Gasteiger partial charge in [0.25, 0.3) is 0 Å². The first-order chi connectivity index (χ1) is 10.9. The molecule has 1 aliphatic carbocycles. The summed E-state index contributed by atoms with van der Waals surface area (Å²) in [5, 5.41) is 6.35. The molecule has 0 aromatic heterocycles. The lowest BCUT2D eigenvalue weighted by Gasteiger charge is -2.31. The number of nitrogens with one attached hydrogen (secondary N) is 2. The highest BCUT2D eigenvalue weighted by Crippen LogP contribution is 2.38. The summed E-state index contributed by atoms with van der Waals surface area (Å²) in [6.07, 6.45) is 3.94. The Morgan fingerprint density at radius 3 is 2.35 bits per heavy atom. The second-order valence-corrected chi connectivity index (χ2v) is 6.42. The van der Waals surface area contributed by atoms with E-state index in [-0.39, 0.29) is 23.2 Å². The number of carbonyl (C=O) groups excluding carboxylic acids is 2. The zero-order valence-electron chi connectivity index (χ0n) is 14.9. The summed E-state index contributed by atoms with van der Waals surface area (Å²) < 4.78 is 4.70. The van der Waals surface area contributed by atoms with E-state index in [1.54, 1.807) is 33.0 Å². The van der Waals surface area contributed by atoms with Gasteiger partial charge in [-0.15, -0.1) is 0 Å². The number of rotatable bonds is 6. The molecule has 7 heteroatoms. The Labute approximate surface area is 138 Å². The Balaban J connectivity index is 2.58. The van der Waals surface area contributed by atoms with Crippen LogP contribution < -0.4 is 10.6 Å². The van der Waals surface area contributed by atoms with Crippen molar-refractivity contribution in [2.75, 3.05) is 41.3 Å². The zero-order valence-corrected chi connectivity index (χ0v) is 14.9. The second kappa shape index (κ2) is 8.74. The smallest absolute Gasteiger partial charge is 0.310 e. The van der Waals surface area contributed by atoms with Crippen LogP contribution in [0, 0.1) is 11.3 Å². The van der Waals surface area contributed by atoms with E-state index in [1.807, 2.05) is 0 Å². The average molecular weight is 326 g/mol. The van der Waals surface area contributed by atoms with Crippen LogP contribution in [0.4, 0.5) is 0 Å². The average Bonchev–Trinajstić information content (AvgIpc) is 3.03. The van der Waals surface area contributed by atoms with Crippen molar-refractivity contribution in [3.05, 3.63) is 0 Å². The van der Waals surface area contributed by atoms with Crippen LogP contribution in [0.1, 0.15) is 32.6 Å². The van der Waals surface area contributed by atoms with Crippen molar-refractivity contribution in [2.24, 2.45) is 16.3 Å². The molecule has 1 atom stereocenters. The number of ether oxygens (including phenoxy) is 1. The molecule has 0 spiro atoms. The number of guanidine groups is 1. The van der Waals surface area contributed by atoms with E-state index >= 15 is 0 Å². The van der Waals surface area contributed by atoms with Crippen LogP contribution in [0.3, 0.4) is 0 Å². The van der Waals surface area contributed by atoms with Gasteiger partial charge in [-0.3, -0.25) is 14.6 Å². The van der Waals surface area contributed by atoms with Gasteiger partial charge < -0.3 is 20.3 Å². The normalized spacial score (nSPS) is 18.2. The molecule has 1 saturated carbocycles. The molecule has 0 aromatic rings. The fourth-order valence-corrected chi connectivity index (χ4v) is 3.00. The van der Waals surface area contributed by atoms with E-state index in [2.05, 4.69) is 15.6 Å². The Bertz CT molecular complexity index is 443. The first-order valence-corrected chi connectivity index (χ1v) is 8.10. The summed E-state index contributed by atoms with van der Waals surface area (Å²) in [5.41, 5.74) is -0.352. The van der Waals surface area contributed by atoms with Crippen molar-refractivity contribution in [1.82, 2.24) is 15.5 Å². The molecule has 23 heavy (non-hydrogen) atoms. The van der Waals surface area contributed by atoms with E-state index in [9.17, 15) is 9.59 Å². The molecule has 0 aromatic carbocycles. The molecule has 7 nitrogen and oxygen atoms in total. The summed E-state index contributed by atoms with van der Waals surface area (Å²) in [4.78, 5) is 29.8. The number of methoxy groups -OCH3 is 1. The topological polar surface area (TPSA) is 83.0 Å². The summed E-state index contributed by atoms with van der Waals surface area (Å²) in [5.74, 6) is 0.241. The minimum Gasteiger partial charge on any atom is -0.469 e. The third-order valence-corrected chi connectivity index (χ3v) is 4.42. The quantitative estimate of drug-likeness (QED) is 0.424. The van der Waals surface area contributed by atoms with Crippen LogP contribution in [0.15, 0.2) is 4.99 Å². The Morgan fingerprint density at radius 2 is 1.87 bits per heavy atom. The van der Waals surface area contributed by atoms with Crippen molar-refractivity contribution in [2.45, 2.75) is 32.6 Å². The second-order valence-electron chi connectivity index (χ2n) is 6.42. The molecule has 0 radical (unpaired) electrons. The van der Waals surface area contributed by atoms with Crippen LogP contribution >= 0.6 is 0 Å². The first-order valence-electron chi connectivity index (χ1n) is 8.10. The van der Waals surface area contributed by atoms with Crippen molar-refractivity contribution >= 4 is 17.8 Å². The molecule has 132 valence electrons. The highest BCUT2D eigenvalue weighted by atomic mass is 16.5. The molecule has 2 N–H and O–H groups in total. The van der Waals surface area contributed by atoms with Crippen molar-refractivity contribution in [1.29, 1.82) is 0 Å². The van der Waals surface area contributed by atoms with Gasteiger partial charge in [-0.05, 0) is 12.8 Å². The van der Waals surface area contributed by atoms with Crippen LogP contribution in [0.25, 0.3) is 0 Å². The number of hydrogen-bond acceptors (Lipinski definition) is 4. The van der Waals surface area contributed by atoms with Gasteiger partial charge in [-0.1, -0.05) is 19.8 Å². The minimum absolute atomic E-state index is 0.167. The van der Waals surface area contributed by atoms with Gasteiger partial charge in [0, 0.05) is 34.2 Å². The van der Waals surface area contributed by atoms with Gasteiger partial charge in [0.05, 0.1) is 18.4 Å². The third-order valence-electron chi connectivity index (χ3n) is 4.42. The summed E-state index contributed by atoms with van der Waals surface area (Å²) in [6, 6.07) is 0. The number of nitrogens with zero attached hydrogens (tertiary/aromatic N) is 2. The van der Waals surface area contributed by atoms with Crippen molar-refractivity contribution in [3.8, 4) is 0 Å². The van der Waals surface area contributed by atoms with Gasteiger partial charge in [0.2, 0.25) is 5.91 Å². The monoisotopic (exact) mass is 326 g/mol. The van der Waals surface area contributed by atoms with E-state index in [4.69, 9.17) is 4.74 Å². The van der Waals surface area contributed by atoms with E-state index in [0.717, 1.165) is 25.7 Å². The molecular weight excluding hydrogens is 296 g/mol. The molecule has 1 amide bonds. The maximum absolute atomic E-state index is 12.5. The molecule has 1 rings (SSSR count). The van der Waals surface area contributed by atoms with Gasteiger partial charge in [-0.2, -0.15) is 0 Å². The van der Waals surface area contributed by atoms with Crippen LogP contribution in [-0.2, 0) is 14.3 Å². The van der Waals surface area contributed by atoms with Crippen molar-refractivity contribution < 1.29 is 14.3 Å². The van der Waals surface area contributed by atoms with Crippen LogP contribution in [0.2, 0.25) is 0 Å². The van der Waals surface area contributed by atoms with Crippen molar-refractivity contribution in [3.63, 3.8) is 0 Å². The lowest BCUT2D eigenvalue weighted by Crippen LogP contribution is -2.49. The molecule has 0 bridgehead atoms. The standard InChI is InChI=1S/C16H30N4O3/c1-12(13(21)23-5)10-18-15(17-2)19-11-16(8-6-7-9-16)14(22)20(3)4/h12H,6-11H2,1-5H3,(H2,17,18,19). The predicted molar refractivity (Wildman–Crippen MR) is 90.1 cm³/mol. The van der Waals surface area contributed by atoms with E-state index in [0.29, 0.717) is 19.0 Å². The summed E-state index contributed by atoms with van der Waals surface area (Å²) in [7, 11) is 6.65. The fraction of sp³-hybridized carbons (Fsp3) is 0.812. The van der Waals surface area contributed by atoms with Gasteiger partial charge >= 0.3 is 5.97 Å². The van der Waals surface area contributed by atoms with Gasteiger partial charge in [-0.25, -0.2) is 0 Å². The molecule has 0 aliphatic heterocycles. The molecular formula is C16H30N4O3. The maximum atomic E-state index is 12.5. The summed E-state index contributed by atoms with van der Waals surface area (Å²) >= 11 is 0. The number of amides is 1. The van der Waals surface area contributed by atoms with Gasteiger partial charge in [0.15, 0.2) is 5.96 Å². The highest BCUT2D eigenvalue weighted by Gasteiger charge is 2.42. The minimum atomic E-state index is -0.352. The lowest BCUT2D eigenvalue weighted by atomic mass is 9.84.